The van der Waals surface area contributed by atoms with Crippen LogP contribution in [0.15, 0.2) is 87.7 Å². The quantitative estimate of drug-likeness (QED) is 0.538. The highest BCUT2D eigenvalue weighted by molar-refractivity contribution is 7.98. The van der Waals surface area contributed by atoms with Gasteiger partial charge in [0.05, 0.1) is 31.8 Å². The largest absolute Gasteiger partial charge is 0.468 e. The number of allylic oxidation sites excluding steroid dienone is 2. The molecule has 1 aliphatic rings. The molecule has 6 nitrogen and oxygen atoms in total. The fourth-order valence-corrected chi connectivity index (χ4v) is 3.42. The minimum Gasteiger partial charge on any atom is -0.468 e. The third-order valence-corrected chi connectivity index (χ3v) is 5.00. The van der Waals surface area contributed by atoms with Crippen molar-refractivity contribution >= 4 is 29.4 Å². The highest BCUT2D eigenvalue weighted by Crippen LogP contribution is 2.29. The number of nitrogens with zero attached hydrogens (tertiary/aromatic N) is 1. The molecule has 0 atom stereocenters. The molecule has 1 aromatic heterocycles. The number of carbonyl (C=O) groups excluding carboxylic acids is 2. The maximum Gasteiger partial charge on any atom is 0.355 e. The molecule has 0 saturated heterocycles. The number of methoxy groups -OCH3 is 2. The lowest BCUT2D eigenvalue weighted by molar-refractivity contribution is -0.139. The summed E-state index contributed by atoms with van der Waals surface area (Å²) in [5, 5.41) is 0. The highest BCUT2D eigenvalue weighted by atomic mass is 32.2. The minimum absolute atomic E-state index is 0.0929. The van der Waals surface area contributed by atoms with Crippen LogP contribution >= 0.6 is 11.8 Å². The molecule has 7 heteroatoms. The van der Waals surface area contributed by atoms with E-state index in [4.69, 9.17) is 13.9 Å². The van der Waals surface area contributed by atoms with Gasteiger partial charge in [-0.3, -0.25) is 0 Å². The topological polar surface area (TPSA) is 69.0 Å². The van der Waals surface area contributed by atoms with E-state index < -0.39 is 11.9 Å². The Balaban J connectivity index is 1.89. The summed E-state index contributed by atoms with van der Waals surface area (Å²) in [4.78, 5) is 27.3. The summed E-state index contributed by atoms with van der Waals surface area (Å²) in [5.74, 6) is 0.373. The third kappa shape index (κ3) is 4.37. The van der Waals surface area contributed by atoms with Crippen LogP contribution < -0.4 is 4.90 Å². The van der Waals surface area contributed by atoms with Crippen molar-refractivity contribution in [3.63, 3.8) is 0 Å². The first-order valence-corrected chi connectivity index (χ1v) is 9.43. The number of benzene rings is 1. The molecule has 0 saturated carbocycles. The Morgan fingerprint density at radius 3 is 2.43 bits per heavy atom. The van der Waals surface area contributed by atoms with Crippen LogP contribution in [0.4, 0.5) is 5.69 Å². The SMILES string of the molecule is COC(=O)C1=C(C(=O)OC)N(c2ccc(SCc3ccco3)cc2)C=CC=C1. The van der Waals surface area contributed by atoms with Crippen LogP contribution in [0.2, 0.25) is 0 Å². The van der Waals surface area contributed by atoms with Crippen molar-refractivity contribution < 1.29 is 23.5 Å². The molecule has 1 aliphatic heterocycles. The summed E-state index contributed by atoms with van der Waals surface area (Å²) in [5.41, 5.74) is 0.926. The Bertz CT molecular complexity index is 926. The first kappa shape index (κ1) is 19.6. The van der Waals surface area contributed by atoms with Crippen molar-refractivity contribution in [3.05, 3.63) is 84.1 Å². The minimum atomic E-state index is -0.632. The molecule has 0 spiro atoms. The molecule has 144 valence electrons. The van der Waals surface area contributed by atoms with Crippen molar-refractivity contribution in [1.29, 1.82) is 0 Å². The van der Waals surface area contributed by atoms with Crippen molar-refractivity contribution in [3.8, 4) is 0 Å². The Labute approximate surface area is 167 Å². The Kier molecular flexibility index (Phi) is 6.39. The molecule has 3 rings (SSSR count). The van der Waals surface area contributed by atoms with Crippen molar-refractivity contribution in [2.24, 2.45) is 0 Å². The summed E-state index contributed by atoms with van der Waals surface area (Å²) in [6.45, 7) is 0. The fourth-order valence-electron chi connectivity index (χ4n) is 2.62. The van der Waals surface area contributed by atoms with Gasteiger partial charge in [-0.1, -0.05) is 6.08 Å². The van der Waals surface area contributed by atoms with Gasteiger partial charge in [0.1, 0.15) is 11.5 Å². The van der Waals surface area contributed by atoms with Crippen molar-refractivity contribution in [1.82, 2.24) is 0 Å². The number of ether oxygens (including phenoxy) is 2. The van der Waals surface area contributed by atoms with Gasteiger partial charge in [0.15, 0.2) is 0 Å². The first-order valence-electron chi connectivity index (χ1n) is 8.44. The van der Waals surface area contributed by atoms with Crippen LogP contribution in [0.5, 0.6) is 0 Å². The number of rotatable bonds is 6. The van der Waals surface area contributed by atoms with Crippen LogP contribution in [-0.2, 0) is 24.8 Å². The van der Waals surface area contributed by atoms with E-state index in [1.807, 2.05) is 36.4 Å². The van der Waals surface area contributed by atoms with Gasteiger partial charge in [-0.2, -0.15) is 0 Å². The van der Waals surface area contributed by atoms with Gasteiger partial charge in [-0.05, 0) is 48.6 Å². The van der Waals surface area contributed by atoms with E-state index in [0.29, 0.717) is 5.69 Å². The van der Waals surface area contributed by atoms with Crippen LogP contribution in [0, 0.1) is 0 Å². The highest BCUT2D eigenvalue weighted by Gasteiger charge is 2.27. The smallest absolute Gasteiger partial charge is 0.355 e. The average Bonchev–Trinajstić information content (AvgIpc) is 3.16. The number of furan rings is 1. The van der Waals surface area contributed by atoms with Crippen molar-refractivity contribution in [2.75, 3.05) is 19.1 Å². The normalized spacial score (nSPS) is 13.4. The molecule has 0 bridgehead atoms. The summed E-state index contributed by atoms with van der Waals surface area (Å²) in [7, 11) is 2.54. The van der Waals surface area contributed by atoms with E-state index in [0.717, 1.165) is 16.4 Å². The average molecular weight is 397 g/mol. The summed E-state index contributed by atoms with van der Waals surface area (Å²) in [6.07, 6.45) is 8.28. The van der Waals surface area contributed by atoms with E-state index in [1.165, 1.54) is 20.3 Å². The molecule has 0 aliphatic carbocycles. The molecule has 2 aromatic rings. The van der Waals surface area contributed by atoms with Gasteiger partial charge in [0.2, 0.25) is 0 Å². The van der Waals surface area contributed by atoms with E-state index in [-0.39, 0.29) is 11.3 Å². The number of hydrogen-bond acceptors (Lipinski definition) is 7. The molecule has 0 radical (unpaired) electrons. The second-order valence-corrected chi connectivity index (χ2v) is 6.73. The number of thioether (sulfide) groups is 1. The molecule has 0 unspecified atom stereocenters. The maximum absolute atomic E-state index is 12.4. The van der Waals surface area contributed by atoms with E-state index in [1.54, 1.807) is 41.3 Å². The molecule has 2 heterocycles. The Hall–Kier alpha value is -3.19. The Morgan fingerprint density at radius 2 is 1.79 bits per heavy atom. The van der Waals surface area contributed by atoms with Gasteiger partial charge in [-0.15, -0.1) is 11.8 Å². The molecular formula is C21H19NO5S. The predicted octanol–water partition coefficient (Wildman–Crippen LogP) is 4.06. The lowest BCUT2D eigenvalue weighted by atomic mass is 10.1. The standard InChI is InChI=1S/C21H19NO5S/c1-25-20(23)18-7-3-4-12-22(19(18)21(24)26-2)15-8-10-17(11-9-15)28-14-16-6-5-13-27-16/h3-13H,14H2,1-2H3. The van der Waals surface area contributed by atoms with E-state index >= 15 is 0 Å². The second-order valence-electron chi connectivity index (χ2n) is 5.68. The van der Waals surface area contributed by atoms with Crippen LogP contribution in [0.25, 0.3) is 0 Å². The lowest BCUT2D eigenvalue weighted by Crippen LogP contribution is -2.26. The van der Waals surface area contributed by atoms with Crippen molar-refractivity contribution in [2.45, 2.75) is 10.6 Å². The van der Waals surface area contributed by atoms with Gasteiger partial charge in [0, 0.05) is 16.8 Å². The third-order valence-electron chi connectivity index (χ3n) is 3.97. The van der Waals surface area contributed by atoms with Crippen LogP contribution in [0.3, 0.4) is 0 Å². The Morgan fingerprint density at radius 1 is 1.04 bits per heavy atom. The number of carbonyl (C=O) groups is 2. The number of esters is 2. The lowest BCUT2D eigenvalue weighted by Gasteiger charge is -2.23. The number of hydrogen-bond donors (Lipinski definition) is 0. The molecule has 0 amide bonds. The van der Waals surface area contributed by atoms with Gasteiger partial charge >= 0.3 is 11.9 Å². The van der Waals surface area contributed by atoms with E-state index in [9.17, 15) is 9.59 Å². The maximum atomic E-state index is 12.4. The van der Waals surface area contributed by atoms with Crippen LogP contribution in [-0.4, -0.2) is 26.2 Å². The zero-order chi connectivity index (χ0) is 19.9. The fraction of sp³-hybridized carbons (Fsp3) is 0.143. The van der Waals surface area contributed by atoms with Gasteiger partial charge in [-0.25, -0.2) is 9.59 Å². The molecule has 0 N–H and O–H groups in total. The second kappa shape index (κ2) is 9.14. The predicted molar refractivity (Wildman–Crippen MR) is 107 cm³/mol. The monoisotopic (exact) mass is 397 g/mol. The summed E-state index contributed by atoms with van der Waals surface area (Å²) < 4.78 is 15.1. The number of anilines is 1. The van der Waals surface area contributed by atoms with Gasteiger partial charge in [0.25, 0.3) is 0 Å². The summed E-state index contributed by atoms with van der Waals surface area (Å²) >= 11 is 1.64. The molecule has 1 aromatic carbocycles. The zero-order valence-electron chi connectivity index (χ0n) is 15.5. The van der Waals surface area contributed by atoms with E-state index in [2.05, 4.69) is 0 Å². The molecule has 28 heavy (non-hydrogen) atoms. The summed E-state index contributed by atoms with van der Waals surface area (Å²) in [6, 6.07) is 11.4. The first-order chi connectivity index (χ1) is 13.6. The van der Waals surface area contributed by atoms with Crippen LogP contribution in [0.1, 0.15) is 5.76 Å². The van der Waals surface area contributed by atoms with Gasteiger partial charge < -0.3 is 18.8 Å². The molecule has 0 fully saturated rings. The zero-order valence-corrected chi connectivity index (χ0v) is 16.3. The molecular weight excluding hydrogens is 378 g/mol.